The molecule has 0 saturated heterocycles. The summed E-state index contributed by atoms with van der Waals surface area (Å²) >= 11 is 3.29. The van der Waals surface area contributed by atoms with Crippen LogP contribution in [0.3, 0.4) is 0 Å². The molecule has 0 radical (unpaired) electrons. The Kier molecular flexibility index (Phi) is 3.84. The first-order chi connectivity index (χ1) is 6.52. The Morgan fingerprint density at radius 1 is 1.64 bits per heavy atom. The molecule has 1 rings (SSSR count). The first-order valence-corrected chi connectivity index (χ1v) is 5.15. The lowest BCUT2D eigenvalue weighted by Gasteiger charge is -2.14. The van der Waals surface area contributed by atoms with Crippen molar-refractivity contribution in [2.45, 2.75) is 19.4 Å². The van der Waals surface area contributed by atoms with E-state index in [0.717, 1.165) is 5.57 Å². The van der Waals surface area contributed by atoms with Gasteiger partial charge in [-0.2, -0.15) is 0 Å². The first-order valence-electron chi connectivity index (χ1n) is 4.36. The van der Waals surface area contributed by atoms with Crippen LogP contribution in [0, 0.1) is 5.82 Å². The topological polar surface area (TPSA) is 26.0 Å². The van der Waals surface area contributed by atoms with E-state index in [1.165, 1.54) is 6.07 Å². The van der Waals surface area contributed by atoms with Crippen LogP contribution in [0.1, 0.15) is 24.9 Å². The summed E-state index contributed by atoms with van der Waals surface area (Å²) in [5.41, 5.74) is 7.34. The summed E-state index contributed by atoms with van der Waals surface area (Å²) < 4.78 is 14.1. The zero-order chi connectivity index (χ0) is 10.7. The van der Waals surface area contributed by atoms with Crippen molar-refractivity contribution in [3.63, 3.8) is 0 Å². The average Bonchev–Trinajstić information content (AvgIpc) is 2.01. The molecule has 1 aromatic rings. The number of benzene rings is 1. The molecule has 0 bridgehead atoms. The lowest BCUT2D eigenvalue weighted by molar-refractivity contribution is 0.577. The molecule has 0 aliphatic carbocycles. The highest BCUT2D eigenvalue weighted by atomic mass is 79.9. The van der Waals surface area contributed by atoms with Crippen LogP contribution in [0.25, 0.3) is 0 Å². The zero-order valence-corrected chi connectivity index (χ0v) is 9.64. The fourth-order valence-electron chi connectivity index (χ4n) is 1.34. The van der Waals surface area contributed by atoms with E-state index in [1.54, 1.807) is 12.1 Å². The molecule has 0 saturated carbocycles. The molecule has 2 N–H and O–H groups in total. The van der Waals surface area contributed by atoms with E-state index in [2.05, 4.69) is 22.5 Å². The van der Waals surface area contributed by atoms with E-state index in [0.29, 0.717) is 16.5 Å². The van der Waals surface area contributed by atoms with Crippen LogP contribution in [-0.4, -0.2) is 0 Å². The minimum absolute atomic E-state index is 0.270. The summed E-state index contributed by atoms with van der Waals surface area (Å²) in [6, 6.07) is 4.52. The molecular weight excluding hydrogens is 245 g/mol. The summed E-state index contributed by atoms with van der Waals surface area (Å²) in [4.78, 5) is 0. The smallest absolute Gasteiger partial charge is 0.129 e. The monoisotopic (exact) mass is 257 g/mol. The number of hydrogen-bond donors (Lipinski definition) is 1. The predicted molar refractivity (Wildman–Crippen MR) is 60.5 cm³/mol. The van der Waals surface area contributed by atoms with Gasteiger partial charge in [-0.05, 0) is 25.5 Å². The third-order valence-corrected chi connectivity index (χ3v) is 2.63. The second-order valence-electron chi connectivity index (χ2n) is 3.40. The lowest BCUT2D eigenvalue weighted by atomic mass is 10.0. The molecule has 14 heavy (non-hydrogen) atoms. The molecule has 76 valence electrons. The highest BCUT2D eigenvalue weighted by molar-refractivity contribution is 9.10. The van der Waals surface area contributed by atoms with Crippen molar-refractivity contribution in [2.24, 2.45) is 5.73 Å². The molecule has 0 spiro atoms. The van der Waals surface area contributed by atoms with Gasteiger partial charge in [0.05, 0.1) is 0 Å². The number of nitrogens with two attached hydrogens (primary N) is 1. The molecular formula is C11H13BrFN. The van der Waals surface area contributed by atoms with Gasteiger partial charge in [0, 0.05) is 16.1 Å². The Balaban J connectivity index is 2.99. The van der Waals surface area contributed by atoms with Gasteiger partial charge in [0.15, 0.2) is 0 Å². The Morgan fingerprint density at radius 2 is 2.29 bits per heavy atom. The van der Waals surface area contributed by atoms with E-state index < -0.39 is 0 Å². The van der Waals surface area contributed by atoms with E-state index in [4.69, 9.17) is 5.73 Å². The second-order valence-corrected chi connectivity index (χ2v) is 4.26. The van der Waals surface area contributed by atoms with Crippen LogP contribution in [-0.2, 0) is 0 Å². The van der Waals surface area contributed by atoms with Crippen LogP contribution in [0.2, 0.25) is 0 Å². The van der Waals surface area contributed by atoms with E-state index in [1.807, 2.05) is 6.92 Å². The average molecular weight is 258 g/mol. The number of rotatable bonds is 3. The van der Waals surface area contributed by atoms with Gasteiger partial charge in [0.2, 0.25) is 0 Å². The molecule has 0 heterocycles. The third-order valence-electron chi connectivity index (χ3n) is 1.94. The van der Waals surface area contributed by atoms with Gasteiger partial charge in [0.25, 0.3) is 0 Å². The maximum atomic E-state index is 13.4. The Hall–Kier alpha value is -0.670. The van der Waals surface area contributed by atoms with Gasteiger partial charge in [-0.3, -0.25) is 0 Å². The largest absolute Gasteiger partial charge is 0.324 e. The van der Waals surface area contributed by atoms with Gasteiger partial charge < -0.3 is 5.73 Å². The highest BCUT2D eigenvalue weighted by Crippen LogP contribution is 2.27. The quantitative estimate of drug-likeness (QED) is 0.824. The van der Waals surface area contributed by atoms with E-state index >= 15 is 0 Å². The second kappa shape index (κ2) is 4.71. The molecule has 3 heteroatoms. The molecule has 1 aromatic carbocycles. The molecule has 0 unspecified atom stereocenters. The van der Waals surface area contributed by atoms with Gasteiger partial charge in [-0.1, -0.05) is 27.6 Å². The van der Waals surface area contributed by atoms with Crippen molar-refractivity contribution in [1.29, 1.82) is 0 Å². The SMILES string of the molecule is C=C(C)C[C@@H](N)c1c(F)cccc1Br. The molecule has 1 nitrogen and oxygen atoms in total. The Bertz CT molecular complexity index is 329. The number of halogens is 2. The van der Waals surface area contributed by atoms with Crippen LogP contribution in [0.15, 0.2) is 34.8 Å². The molecule has 0 aliphatic rings. The minimum Gasteiger partial charge on any atom is -0.324 e. The lowest BCUT2D eigenvalue weighted by Crippen LogP contribution is -2.13. The van der Waals surface area contributed by atoms with E-state index in [9.17, 15) is 4.39 Å². The summed E-state index contributed by atoms with van der Waals surface area (Å²) in [6.45, 7) is 5.65. The number of hydrogen-bond acceptors (Lipinski definition) is 1. The maximum absolute atomic E-state index is 13.4. The van der Waals surface area contributed by atoms with E-state index in [-0.39, 0.29) is 11.9 Å². The summed E-state index contributed by atoms with van der Waals surface area (Å²) in [6.07, 6.45) is 0.597. The summed E-state index contributed by atoms with van der Waals surface area (Å²) in [5.74, 6) is -0.270. The molecule has 0 aliphatic heterocycles. The predicted octanol–water partition coefficient (Wildman–Crippen LogP) is 3.55. The summed E-state index contributed by atoms with van der Waals surface area (Å²) in [5, 5.41) is 0. The Labute approximate surface area is 91.9 Å². The van der Waals surface area contributed by atoms with Crippen molar-refractivity contribution in [1.82, 2.24) is 0 Å². The summed E-state index contributed by atoms with van der Waals surface area (Å²) in [7, 11) is 0. The van der Waals surface area contributed by atoms with Gasteiger partial charge in [-0.15, -0.1) is 6.58 Å². The molecule has 0 aromatic heterocycles. The molecule has 1 atom stereocenters. The first kappa shape index (κ1) is 11.4. The molecule has 0 fully saturated rings. The van der Waals surface area contributed by atoms with Crippen molar-refractivity contribution >= 4 is 15.9 Å². The van der Waals surface area contributed by atoms with Crippen LogP contribution in [0.5, 0.6) is 0 Å². The van der Waals surface area contributed by atoms with Crippen molar-refractivity contribution in [3.05, 3.63) is 46.2 Å². The zero-order valence-electron chi connectivity index (χ0n) is 8.06. The van der Waals surface area contributed by atoms with Crippen molar-refractivity contribution < 1.29 is 4.39 Å². The standard InChI is InChI=1S/C11H13BrFN/c1-7(2)6-10(14)11-8(12)4-3-5-9(11)13/h3-5,10H,1,6,14H2,2H3/t10-/m1/s1. The molecule has 0 amide bonds. The van der Waals surface area contributed by atoms with Crippen molar-refractivity contribution in [2.75, 3.05) is 0 Å². The van der Waals surface area contributed by atoms with Gasteiger partial charge in [0.1, 0.15) is 5.82 Å². The van der Waals surface area contributed by atoms with Crippen LogP contribution >= 0.6 is 15.9 Å². The fraction of sp³-hybridized carbons (Fsp3) is 0.273. The van der Waals surface area contributed by atoms with Crippen LogP contribution < -0.4 is 5.73 Å². The normalized spacial score (nSPS) is 12.6. The highest BCUT2D eigenvalue weighted by Gasteiger charge is 2.14. The fourth-order valence-corrected chi connectivity index (χ4v) is 1.98. The van der Waals surface area contributed by atoms with Gasteiger partial charge in [-0.25, -0.2) is 4.39 Å². The third kappa shape index (κ3) is 2.66. The van der Waals surface area contributed by atoms with Crippen molar-refractivity contribution in [3.8, 4) is 0 Å². The van der Waals surface area contributed by atoms with Crippen LogP contribution in [0.4, 0.5) is 4.39 Å². The minimum atomic E-state index is -0.330. The maximum Gasteiger partial charge on any atom is 0.129 e. The van der Waals surface area contributed by atoms with Gasteiger partial charge >= 0.3 is 0 Å². The Morgan fingerprint density at radius 3 is 2.79 bits per heavy atom.